The summed E-state index contributed by atoms with van der Waals surface area (Å²) in [5, 5.41) is 5.73. The van der Waals surface area contributed by atoms with E-state index in [1.54, 1.807) is 49.9 Å². The summed E-state index contributed by atoms with van der Waals surface area (Å²) in [6, 6.07) is 4.94. The second kappa shape index (κ2) is 13.2. The number of nitrogens with one attached hydrogen (secondary N) is 2. The van der Waals surface area contributed by atoms with E-state index in [2.05, 4.69) is 16.6 Å². The Morgan fingerprint density at radius 1 is 1.00 bits per heavy atom. The number of nitrogens with zero attached hydrogens (tertiary/aromatic N) is 1. The van der Waals surface area contributed by atoms with Crippen LogP contribution in [0.4, 0.5) is 4.79 Å². The minimum atomic E-state index is -0.890. The third-order valence-corrected chi connectivity index (χ3v) is 5.82. The molecule has 0 spiro atoms. The van der Waals surface area contributed by atoms with Crippen LogP contribution in [0.5, 0.6) is 0 Å². The molecule has 7 nitrogen and oxygen atoms in total. The number of carbonyl (C=O) groups is 3. The molecule has 0 saturated heterocycles. The van der Waals surface area contributed by atoms with E-state index >= 15 is 0 Å². The van der Waals surface area contributed by atoms with Crippen molar-refractivity contribution in [1.29, 1.82) is 0 Å². The summed E-state index contributed by atoms with van der Waals surface area (Å²) in [4.78, 5) is 41.8. The number of carbonyl (C=O) groups excluding carboxylic acids is 3. The van der Waals surface area contributed by atoms with E-state index in [0.29, 0.717) is 24.0 Å². The monoisotopic (exact) mass is 485 g/mol. The fourth-order valence-corrected chi connectivity index (χ4v) is 3.64. The maximum atomic E-state index is 14.1. The maximum absolute atomic E-state index is 14.1. The van der Waals surface area contributed by atoms with Gasteiger partial charge in [-0.1, -0.05) is 45.2 Å². The molecule has 0 aliphatic heterocycles. The lowest BCUT2D eigenvalue weighted by atomic mass is 9.94. The van der Waals surface area contributed by atoms with Crippen molar-refractivity contribution in [3.63, 3.8) is 0 Å². The van der Waals surface area contributed by atoms with E-state index < -0.39 is 23.8 Å². The molecule has 2 N–H and O–H groups in total. The zero-order chi connectivity index (χ0) is 26.9. The van der Waals surface area contributed by atoms with Crippen LogP contribution in [0.2, 0.25) is 0 Å². The van der Waals surface area contributed by atoms with Gasteiger partial charge in [0.1, 0.15) is 17.7 Å². The van der Waals surface area contributed by atoms with Crippen molar-refractivity contribution in [2.75, 3.05) is 0 Å². The first kappa shape index (κ1) is 30.0. The topological polar surface area (TPSA) is 87.7 Å². The molecule has 7 heteroatoms. The van der Waals surface area contributed by atoms with Crippen molar-refractivity contribution in [1.82, 2.24) is 15.5 Å². The molecule has 1 rings (SSSR count). The molecule has 0 aliphatic carbocycles. The van der Waals surface area contributed by atoms with Crippen LogP contribution in [0.3, 0.4) is 0 Å². The van der Waals surface area contributed by atoms with Crippen LogP contribution in [0.25, 0.3) is 0 Å². The summed E-state index contributed by atoms with van der Waals surface area (Å²) in [5.41, 5.74) is 0.625. The lowest BCUT2D eigenvalue weighted by Crippen LogP contribution is -2.57. The van der Waals surface area contributed by atoms with Gasteiger partial charge in [0.25, 0.3) is 0 Å². The molecule has 35 heavy (non-hydrogen) atoms. The largest absolute Gasteiger partial charge is 0.444 e. The van der Waals surface area contributed by atoms with Gasteiger partial charge in [0.05, 0.1) is 0 Å². The van der Waals surface area contributed by atoms with Gasteiger partial charge in [-0.15, -0.1) is 6.42 Å². The number of benzene rings is 1. The minimum absolute atomic E-state index is 0.117. The molecule has 0 heterocycles. The smallest absolute Gasteiger partial charge is 0.408 e. The Balaban J connectivity index is 3.57. The van der Waals surface area contributed by atoms with Crippen LogP contribution in [0, 0.1) is 18.3 Å². The molecule has 0 saturated carbocycles. The van der Waals surface area contributed by atoms with Crippen LogP contribution in [0.15, 0.2) is 24.3 Å². The predicted octanol–water partition coefficient (Wildman–Crippen LogP) is 4.80. The fraction of sp³-hybridized carbons (Fsp3) is 0.607. The average molecular weight is 486 g/mol. The number of amides is 3. The van der Waals surface area contributed by atoms with Crippen LogP contribution in [0.1, 0.15) is 92.3 Å². The van der Waals surface area contributed by atoms with Gasteiger partial charge < -0.3 is 20.3 Å². The fourth-order valence-electron chi connectivity index (χ4n) is 3.64. The van der Waals surface area contributed by atoms with Gasteiger partial charge in [-0.05, 0) is 71.6 Å². The quantitative estimate of drug-likeness (QED) is 0.466. The van der Waals surface area contributed by atoms with Gasteiger partial charge in [0.2, 0.25) is 11.8 Å². The Labute approximate surface area is 211 Å². The van der Waals surface area contributed by atoms with Crippen LogP contribution in [-0.4, -0.2) is 46.5 Å². The lowest BCUT2D eigenvalue weighted by Gasteiger charge is -2.39. The van der Waals surface area contributed by atoms with Crippen molar-refractivity contribution < 1.29 is 19.1 Å². The molecule has 194 valence electrons. The first-order chi connectivity index (χ1) is 16.2. The maximum Gasteiger partial charge on any atom is 0.408 e. The van der Waals surface area contributed by atoms with Crippen LogP contribution < -0.4 is 10.6 Å². The highest BCUT2D eigenvalue weighted by Crippen LogP contribution is 2.28. The summed E-state index contributed by atoms with van der Waals surface area (Å²) >= 11 is 0. The summed E-state index contributed by atoms with van der Waals surface area (Å²) in [6.07, 6.45) is 6.12. The number of terminal acetylenes is 1. The zero-order valence-electron chi connectivity index (χ0n) is 22.8. The second-order valence-corrected chi connectivity index (χ2v) is 10.3. The molecule has 0 fully saturated rings. The Morgan fingerprint density at radius 2 is 1.57 bits per heavy atom. The normalized spacial score (nSPS) is 14.8. The summed E-state index contributed by atoms with van der Waals surface area (Å²) in [5.74, 6) is 1.78. The molecule has 1 aromatic rings. The first-order valence-corrected chi connectivity index (χ1v) is 12.4. The number of rotatable bonds is 10. The van der Waals surface area contributed by atoms with Gasteiger partial charge in [0, 0.05) is 17.6 Å². The molecule has 4 atom stereocenters. The second-order valence-electron chi connectivity index (χ2n) is 10.3. The Kier molecular flexibility index (Phi) is 11.3. The van der Waals surface area contributed by atoms with E-state index in [1.165, 1.54) is 0 Å². The van der Waals surface area contributed by atoms with Crippen molar-refractivity contribution in [2.45, 2.75) is 105 Å². The molecule has 4 unspecified atom stereocenters. The number of hydrogen-bond donors (Lipinski definition) is 2. The Morgan fingerprint density at radius 3 is 2.00 bits per heavy atom. The van der Waals surface area contributed by atoms with Crippen molar-refractivity contribution in [3.05, 3.63) is 35.4 Å². The van der Waals surface area contributed by atoms with Gasteiger partial charge >= 0.3 is 6.09 Å². The third-order valence-electron chi connectivity index (χ3n) is 5.82. The molecule has 0 bridgehead atoms. The Hall–Kier alpha value is -3.01. The van der Waals surface area contributed by atoms with E-state index in [4.69, 9.17) is 11.2 Å². The summed E-state index contributed by atoms with van der Waals surface area (Å²) in [6.45, 7) is 16.8. The molecular formula is C28H43N3O4. The van der Waals surface area contributed by atoms with Crippen molar-refractivity contribution in [3.8, 4) is 12.3 Å². The van der Waals surface area contributed by atoms with E-state index in [0.717, 1.165) is 0 Å². The zero-order valence-corrected chi connectivity index (χ0v) is 22.8. The molecule has 3 amide bonds. The van der Waals surface area contributed by atoms with Crippen molar-refractivity contribution >= 4 is 17.9 Å². The van der Waals surface area contributed by atoms with E-state index in [-0.39, 0.29) is 29.8 Å². The SMILES string of the molecule is C#Cc1ccc(C(C(=O)NC(C)C)N(C(=O)C(NC(=O)OC(C)(C)C)C(C)CC)C(C)CC)cc1. The predicted molar refractivity (Wildman–Crippen MR) is 140 cm³/mol. The highest BCUT2D eigenvalue weighted by atomic mass is 16.6. The number of alkyl carbamates (subject to hydrolysis) is 1. The lowest BCUT2D eigenvalue weighted by molar-refractivity contribution is -0.146. The molecule has 0 radical (unpaired) electrons. The van der Waals surface area contributed by atoms with Gasteiger partial charge in [-0.25, -0.2) is 4.79 Å². The first-order valence-electron chi connectivity index (χ1n) is 12.4. The standard InChI is InChI=1S/C28H43N3O4/c1-11-19(6)23(30-27(34)35-28(8,9)10)26(33)31(20(7)12-2)24(25(32)29-18(4)5)22-16-14-21(13-3)15-17-22/h3,14-20,23-24H,11-12H2,1-2,4-10H3,(H,29,32)(H,30,34). The number of hydrogen-bond acceptors (Lipinski definition) is 4. The van der Waals surface area contributed by atoms with Crippen molar-refractivity contribution in [2.24, 2.45) is 5.92 Å². The van der Waals surface area contributed by atoms with E-state index in [1.807, 2.05) is 41.5 Å². The number of ether oxygens (including phenoxy) is 1. The van der Waals surface area contributed by atoms with Crippen LogP contribution >= 0.6 is 0 Å². The third kappa shape index (κ3) is 8.93. The highest BCUT2D eigenvalue weighted by Gasteiger charge is 2.40. The summed E-state index contributed by atoms with van der Waals surface area (Å²) in [7, 11) is 0. The molecular weight excluding hydrogens is 442 g/mol. The molecule has 0 aromatic heterocycles. The summed E-state index contributed by atoms with van der Waals surface area (Å²) < 4.78 is 5.43. The Bertz CT molecular complexity index is 896. The minimum Gasteiger partial charge on any atom is -0.444 e. The molecule has 0 aliphatic rings. The van der Waals surface area contributed by atoms with Gasteiger partial charge in [-0.3, -0.25) is 9.59 Å². The molecule has 1 aromatic carbocycles. The van der Waals surface area contributed by atoms with Crippen LogP contribution in [-0.2, 0) is 14.3 Å². The van der Waals surface area contributed by atoms with Gasteiger partial charge in [0.15, 0.2) is 0 Å². The van der Waals surface area contributed by atoms with Gasteiger partial charge in [-0.2, -0.15) is 0 Å². The average Bonchev–Trinajstić information content (AvgIpc) is 2.77. The van der Waals surface area contributed by atoms with E-state index in [9.17, 15) is 14.4 Å². The highest BCUT2D eigenvalue weighted by molar-refractivity contribution is 5.92.